The van der Waals surface area contributed by atoms with Crippen LogP contribution in [0.15, 0.2) is 71.9 Å². The summed E-state index contributed by atoms with van der Waals surface area (Å²) >= 11 is 1.43. The molecule has 1 atom stereocenters. The summed E-state index contributed by atoms with van der Waals surface area (Å²) in [5.41, 5.74) is 1.36. The van der Waals surface area contributed by atoms with Crippen molar-refractivity contribution in [3.05, 3.63) is 87.9 Å². The first-order chi connectivity index (χ1) is 14.1. The standard InChI is InChI=1S/C22H18N2O4S/c1-28-16-5-2-4-14(12-16)13-24-19(17-6-3-11-29-17)18(21(26)22(24)27)20(25)15-7-9-23-10-8-15/h2-12,19,25H,13H2,1H3/b20-18-. The number of likely N-dealkylation sites (tertiary alicyclic amines) is 1. The van der Waals surface area contributed by atoms with Gasteiger partial charge in [-0.15, -0.1) is 11.3 Å². The molecule has 6 nitrogen and oxygen atoms in total. The quantitative estimate of drug-likeness (QED) is 0.396. The molecule has 2 aromatic heterocycles. The van der Waals surface area contributed by atoms with E-state index in [1.807, 2.05) is 41.8 Å². The second-order valence-electron chi connectivity index (χ2n) is 6.53. The average molecular weight is 406 g/mol. The maximum atomic E-state index is 12.9. The van der Waals surface area contributed by atoms with Crippen LogP contribution in [0.4, 0.5) is 0 Å². The molecule has 1 aliphatic heterocycles. The van der Waals surface area contributed by atoms with Crippen molar-refractivity contribution in [1.29, 1.82) is 0 Å². The van der Waals surface area contributed by atoms with Crippen LogP contribution in [0.25, 0.3) is 5.76 Å². The Labute approximate surface area is 171 Å². The number of amides is 1. The predicted molar refractivity (Wildman–Crippen MR) is 109 cm³/mol. The number of hydrogen-bond donors (Lipinski definition) is 1. The number of ether oxygens (including phenoxy) is 1. The van der Waals surface area contributed by atoms with Gasteiger partial charge in [0, 0.05) is 29.4 Å². The molecule has 3 aromatic rings. The molecule has 7 heteroatoms. The van der Waals surface area contributed by atoms with Crippen molar-refractivity contribution >= 4 is 28.8 Å². The van der Waals surface area contributed by atoms with Gasteiger partial charge in [0.2, 0.25) is 0 Å². The topological polar surface area (TPSA) is 79.7 Å². The van der Waals surface area contributed by atoms with E-state index in [0.717, 1.165) is 10.4 Å². The molecule has 1 fully saturated rings. The number of rotatable bonds is 5. The Hall–Kier alpha value is -3.45. The van der Waals surface area contributed by atoms with E-state index in [1.54, 1.807) is 19.2 Å². The fraction of sp³-hybridized carbons (Fsp3) is 0.136. The number of nitrogens with zero attached hydrogens (tertiary/aromatic N) is 2. The van der Waals surface area contributed by atoms with Crippen LogP contribution in [-0.2, 0) is 16.1 Å². The minimum absolute atomic E-state index is 0.0894. The first kappa shape index (κ1) is 18.9. The largest absolute Gasteiger partial charge is 0.507 e. The van der Waals surface area contributed by atoms with Gasteiger partial charge in [-0.25, -0.2) is 0 Å². The van der Waals surface area contributed by atoms with Crippen molar-refractivity contribution in [3.63, 3.8) is 0 Å². The number of carbonyl (C=O) groups excluding carboxylic acids is 2. The van der Waals surface area contributed by atoms with E-state index in [-0.39, 0.29) is 17.9 Å². The van der Waals surface area contributed by atoms with Gasteiger partial charge in [-0.3, -0.25) is 14.6 Å². The lowest BCUT2D eigenvalue weighted by atomic mass is 10.0. The SMILES string of the molecule is COc1cccc(CN2C(=O)C(=O)/C(=C(\O)c3ccncc3)C2c2cccs2)c1. The van der Waals surface area contributed by atoms with Gasteiger partial charge in [-0.2, -0.15) is 0 Å². The lowest BCUT2D eigenvalue weighted by Crippen LogP contribution is -2.28. The van der Waals surface area contributed by atoms with Gasteiger partial charge in [0.15, 0.2) is 0 Å². The van der Waals surface area contributed by atoms with Crippen molar-refractivity contribution in [2.75, 3.05) is 7.11 Å². The van der Waals surface area contributed by atoms with E-state index in [1.165, 1.54) is 28.6 Å². The molecule has 146 valence electrons. The third-order valence-corrected chi connectivity index (χ3v) is 5.72. The number of ketones is 1. The van der Waals surface area contributed by atoms with Gasteiger partial charge < -0.3 is 14.7 Å². The van der Waals surface area contributed by atoms with Crippen LogP contribution in [0.2, 0.25) is 0 Å². The summed E-state index contributed by atoms with van der Waals surface area (Å²) in [6.07, 6.45) is 3.06. The fourth-order valence-electron chi connectivity index (χ4n) is 3.42. The molecular formula is C22H18N2O4S. The summed E-state index contributed by atoms with van der Waals surface area (Å²) in [4.78, 5) is 32.1. The molecule has 1 amide bonds. The Kier molecular flexibility index (Phi) is 5.14. The Balaban J connectivity index is 1.81. The second-order valence-corrected chi connectivity index (χ2v) is 7.51. The lowest BCUT2D eigenvalue weighted by Gasteiger charge is -2.24. The van der Waals surface area contributed by atoms with Crippen molar-refractivity contribution in [2.45, 2.75) is 12.6 Å². The maximum absolute atomic E-state index is 12.9. The lowest BCUT2D eigenvalue weighted by molar-refractivity contribution is -0.140. The zero-order chi connectivity index (χ0) is 20.4. The number of aliphatic hydroxyl groups is 1. The van der Waals surface area contributed by atoms with E-state index in [0.29, 0.717) is 11.3 Å². The summed E-state index contributed by atoms with van der Waals surface area (Å²) in [5, 5.41) is 12.8. The first-order valence-corrected chi connectivity index (χ1v) is 9.83. The Bertz CT molecular complexity index is 1080. The third kappa shape index (κ3) is 3.52. The highest BCUT2D eigenvalue weighted by Crippen LogP contribution is 2.41. The monoisotopic (exact) mass is 406 g/mol. The van der Waals surface area contributed by atoms with Gasteiger partial charge in [-0.05, 0) is 41.3 Å². The Morgan fingerprint density at radius 2 is 1.97 bits per heavy atom. The summed E-state index contributed by atoms with van der Waals surface area (Å²) < 4.78 is 5.26. The van der Waals surface area contributed by atoms with E-state index in [4.69, 9.17) is 4.74 Å². The molecule has 0 radical (unpaired) electrons. The van der Waals surface area contributed by atoms with Crippen LogP contribution in [0.1, 0.15) is 22.0 Å². The minimum Gasteiger partial charge on any atom is -0.507 e. The summed E-state index contributed by atoms with van der Waals surface area (Å²) in [5.74, 6) is -0.858. The smallest absolute Gasteiger partial charge is 0.295 e. The van der Waals surface area contributed by atoms with Crippen molar-refractivity contribution in [3.8, 4) is 5.75 Å². The zero-order valence-electron chi connectivity index (χ0n) is 15.6. The molecule has 1 N–H and O–H groups in total. The third-order valence-electron chi connectivity index (χ3n) is 4.79. The average Bonchev–Trinajstić information content (AvgIpc) is 3.37. The number of aliphatic hydroxyl groups excluding tert-OH is 1. The molecule has 0 saturated carbocycles. The van der Waals surface area contributed by atoms with Crippen LogP contribution in [0, 0.1) is 0 Å². The van der Waals surface area contributed by atoms with E-state index in [9.17, 15) is 14.7 Å². The van der Waals surface area contributed by atoms with E-state index in [2.05, 4.69) is 4.98 Å². The highest BCUT2D eigenvalue weighted by Gasteiger charge is 2.46. The van der Waals surface area contributed by atoms with E-state index >= 15 is 0 Å². The Morgan fingerprint density at radius 3 is 2.66 bits per heavy atom. The fourth-order valence-corrected chi connectivity index (χ4v) is 4.26. The summed E-state index contributed by atoms with van der Waals surface area (Å²) in [6, 6.07) is 13.6. The molecule has 0 aliphatic carbocycles. The normalized spacial score (nSPS) is 18.2. The van der Waals surface area contributed by atoms with Gasteiger partial charge in [-0.1, -0.05) is 18.2 Å². The zero-order valence-corrected chi connectivity index (χ0v) is 16.4. The van der Waals surface area contributed by atoms with E-state index < -0.39 is 17.7 Å². The van der Waals surface area contributed by atoms with Crippen LogP contribution in [-0.4, -0.2) is 33.8 Å². The molecule has 29 heavy (non-hydrogen) atoms. The van der Waals surface area contributed by atoms with Crippen molar-refractivity contribution in [1.82, 2.24) is 9.88 Å². The number of aromatic nitrogens is 1. The molecular weight excluding hydrogens is 388 g/mol. The highest BCUT2D eigenvalue weighted by molar-refractivity contribution is 7.10. The van der Waals surface area contributed by atoms with Crippen LogP contribution in [0.3, 0.4) is 0 Å². The van der Waals surface area contributed by atoms with Gasteiger partial charge >= 0.3 is 0 Å². The number of pyridine rings is 1. The number of methoxy groups -OCH3 is 1. The van der Waals surface area contributed by atoms with Gasteiger partial charge in [0.25, 0.3) is 11.7 Å². The van der Waals surface area contributed by atoms with Crippen LogP contribution < -0.4 is 4.74 Å². The maximum Gasteiger partial charge on any atom is 0.295 e. The van der Waals surface area contributed by atoms with Gasteiger partial charge in [0.05, 0.1) is 18.7 Å². The predicted octanol–water partition coefficient (Wildman–Crippen LogP) is 3.77. The molecule has 1 aromatic carbocycles. The first-order valence-electron chi connectivity index (χ1n) is 8.95. The Morgan fingerprint density at radius 1 is 1.17 bits per heavy atom. The number of carbonyl (C=O) groups is 2. The van der Waals surface area contributed by atoms with Crippen molar-refractivity contribution < 1.29 is 19.4 Å². The number of benzene rings is 1. The molecule has 0 spiro atoms. The number of thiophene rings is 1. The molecule has 0 bridgehead atoms. The van der Waals surface area contributed by atoms with Crippen LogP contribution in [0.5, 0.6) is 5.75 Å². The molecule has 4 rings (SSSR count). The summed E-state index contributed by atoms with van der Waals surface area (Å²) in [7, 11) is 1.58. The minimum atomic E-state index is -0.694. The second kappa shape index (κ2) is 7.89. The molecule has 1 unspecified atom stereocenters. The van der Waals surface area contributed by atoms with Gasteiger partial charge in [0.1, 0.15) is 11.5 Å². The van der Waals surface area contributed by atoms with Crippen molar-refractivity contribution in [2.24, 2.45) is 0 Å². The molecule has 3 heterocycles. The molecule has 1 aliphatic rings. The van der Waals surface area contributed by atoms with Crippen LogP contribution >= 0.6 is 11.3 Å². The number of Topliss-reactive ketones (excluding diaryl/α,β-unsaturated/α-hetero) is 1. The molecule has 1 saturated heterocycles. The highest BCUT2D eigenvalue weighted by atomic mass is 32.1. The summed E-state index contributed by atoms with van der Waals surface area (Å²) in [6.45, 7) is 0.220. The number of hydrogen-bond acceptors (Lipinski definition) is 6.